The minimum absolute atomic E-state index is 0.0216. The molecule has 1 aliphatic carbocycles. The third-order valence-corrected chi connectivity index (χ3v) is 4.37. The maximum Gasteiger partial charge on any atom is 0.270 e. The van der Waals surface area contributed by atoms with Gasteiger partial charge in [0.15, 0.2) is 6.10 Å². The molecule has 23 heavy (non-hydrogen) atoms. The van der Waals surface area contributed by atoms with Crippen molar-refractivity contribution in [2.24, 2.45) is 0 Å². The molecule has 1 N–H and O–H groups in total. The number of nitrogens with zero attached hydrogens (tertiary/aromatic N) is 3. The van der Waals surface area contributed by atoms with Crippen molar-refractivity contribution in [3.63, 3.8) is 0 Å². The molecule has 3 heterocycles. The fourth-order valence-corrected chi connectivity index (χ4v) is 3.15. The number of carbonyl (C=O) groups excluding carboxylic acids is 1. The molecule has 1 saturated heterocycles. The number of hydrogen-bond acceptors (Lipinski definition) is 5. The van der Waals surface area contributed by atoms with Crippen molar-refractivity contribution in [1.82, 2.24) is 20.1 Å². The molecular formula is C16H20N4O3. The summed E-state index contributed by atoms with van der Waals surface area (Å²) in [4.78, 5) is 17.8. The second-order valence-corrected chi connectivity index (χ2v) is 6.39. The molecule has 0 bridgehead atoms. The van der Waals surface area contributed by atoms with Gasteiger partial charge in [-0.25, -0.2) is 0 Å². The Hall–Kier alpha value is -2.15. The van der Waals surface area contributed by atoms with Gasteiger partial charge in [0, 0.05) is 19.7 Å². The molecule has 7 nitrogen and oxygen atoms in total. The molecule has 122 valence electrons. The molecule has 4 rings (SSSR count). The summed E-state index contributed by atoms with van der Waals surface area (Å²) in [5, 5.41) is 7.87. The van der Waals surface area contributed by atoms with Crippen LogP contribution in [0.2, 0.25) is 0 Å². The molecule has 0 radical (unpaired) electrons. The van der Waals surface area contributed by atoms with Gasteiger partial charge in [-0.15, -0.1) is 10.2 Å². The van der Waals surface area contributed by atoms with E-state index in [1.54, 1.807) is 6.92 Å². The highest BCUT2D eigenvalue weighted by atomic mass is 16.5. The minimum Gasteiger partial charge on any atom is -0.423 e. The van der Waals surface area contributed by atoms with E-state index in [1.807, 2.05) is 24.1 Å². The van der Waals surface area contributed by atoms with E-state index in [0.29, 0.717) is 36.5 Å². The van der Waals surface area contributed by atoms with E-state index in [0.717, 1.165) is 5.56 Å². The number of carbonyl (C=O) groups is 1. The molecule has 2 fully saturated rings. The number of nitrogens with one attached hydrogen (secondary N) is 1. The predicted molar refractivity (Wildman–Crippen MR) is 81.0 cm³/mol. The van der Waals surface area contributed by atoms with Gasteiger partial charge in [-0.05, 0) is 37.3 Å². The Bertz CT molecular complexity index is 718. The summed E-state index contributed by atoms with van der Waals surface area (Å²) in [6, 6.07) is 2.02. The molecule has 0 aromatic carbocycles. The Labute approximate surface area is 134 Å². The number of amides is 1. The number of H-pyrrole nitrogens is 1. The zero-order valence-corrected chi connectivity index (χ0v) is 13.3. The van der Waals surface area contributed by atoms with E-state index in [1.165, 1.54) is 12.8 Å². The lowest BCUT2D eigenvalue weighted by molar-refractivity contribution is -0.0797. The summed E-state index contributed by atoms with van der Waals surface area (Å²) in [5.41, 5.74) is 1.85. The van der Waals surface area contributed by atoms with E-state index in [2.05, 4.69) is 15.2 Å². The highest BCUT2D eigenvalue weighted by Gasteiger charge is 2.35. The second kappa shape index (κ2) is 5.49. The number of hydrogen-bond donors (Lipinski definition) is 1. The van der Waals surface area contributed by atoms with Crippen molar-refractivity contribution in [1.29, 1.82) is 0 Å². The van der Waals surface area contributed by atoms with Crippen molar-refractivity contribution < 1.29 is 13.9 Å². The first kappa shape index (κ1) is 14.4. The lowest BCUT2D eigenvalue weighted by Crippen LogP contribution is -2.46. The Balaban J connectivity index is 1.55. The Morgan fingerprint density at radius 2 is 2.17 bits per heavy atom. The highest BCUT2D eigenvalue weighted by Crippen LogP contribution is 2.41. The summed E-state index contributed by atoms with van der Waals surface area (Å²) in [7, 11) is 0. The van der Waals surface area contributed by atoms with E-state index < -0.39 is 0 Å². The Morgan fingerprint density at radius 1 is 1.35 bits per heavy atom. The van der Waals surface area contributed by atoms with Gasteiger partial charge >= 0.3 is 0 Å². The van der Waals surface area contributed by atoms with Crippen LogP contribution in [0.15, 0.2) is 16.7 Å². The quantitative estimate of drug-likeness (QED) is 0.938. The van der Waals surface area contributed by atoms with Gasteiger partial charge < -0.3 is 19.0 Å². The fraction of sp³-hybridized carbons (Fsp3) is 0.562. The number of ether oxygens (including phenoxy) is 1. The molecule has 2 aliphatic rings. The van der Waals surface area contributed by atoms with Crippen LogP contribution >= 0.6 is 0 Å². The van der Waals surface area contributed by atoms with Crippen LogP contribution in [0.25, 0.3) is 0 Å². The largest absolute Gasteiger partial charge is 0.423 e. The van der Waals surface area contributed by atoms with Crippen LogP contribution in [-0.2, 0) is 4.74 Å². The van der Waals surface area contributed by atoms with Gasteiger partial charge in [0.1, 0.15) is 5.69 Å². The number of rotatable bonds is 3. The van der Waals surface area contributed by atoms with Gasteiger partial charge in [0.2, 0.25) is 11.8 Å². The normalized spacial score (nSPS) is 24.9. The van der Waals surface area contributed by atoms with Crippen LogP contribution in [0, 0.1) is 6.92 Å². The van der Waals surface area contributed by atoms with Gasteiger partial charge in [-0.3, -0.25) is 4.79 Å². The molecule has 0 unspecified atom stereocenters. The smallest absolute Gasteiger partial charge is 0.270 e. The van der Waals surface area contributed by atoms with Gasteiger partial charge in [-0.2, -0.15) is 0 Å². The highest BCUT2D eigenvalue weighted by molar-refractivity contribution is 5.94. The van der Waals surface area contributed by atoms with Gasteiger partial charge in [-0.1, -0.05) is 0 Å². The van der Waals surface area contributed by atoms with Crippen LogP contribution in [0.3, 0.4) is 0 Å². The Kier molecular flexibility index (Phi) is 3.45. The molecular weight excluding hydrogens is 296 g/mol. The maximum absolute atomic E-state index is 12.9. The lowest BCUT2D eigenvalue weighted by Gasteiger charge is -2.35. The minimum atomic E-state index is -0.372. The second-order valence-electron chi connectivity index (χ2n) is 6.39. The number of aromatic amines is 1. The van der Waals surface area contributed by atoms with Crippen molar-refractivity contribution in [2.45, 2.75) is 44.8 Å². The summed E-state index contributed by atoms with van der Waals surface area (Å²) in [6.45, 7) is 4.68. The van der Waals surface area contributed by atoms with Crippen LogP contribution in [0.4, 0.5) is 0 Å². The van der Waals surface area contributed by atoms with Crippen LogP contribution in [0.5, 0.6) is 0 Å². The summed E-state index contributed by atoms with van der Waals surface area (Å²) in [5.74, 6) is 1.49. The molecule has 2 atom stereocenters. The lowest BCUT2D eigenvalue weighted by atomic mass is 10.1. The van der Waals surface area contributed by atoms with Gasteiger partial charge in [0.05, 0.1) is 12.6 Å². The van der Waals surface area contributed by atoms with E-state index >= 15 is 0 Å². The molecule has 1 amide bonds. The molecule has 2 aromatic rings. The SMILES string of the molecule is Cc1nnc([C@H]2CN(C(=O)c3[nH]ccc3C3CC3)C[C@@H](C)O2)o1. The molecule has 7 heteroatoms. The zero-order valence-electron chi connectivity index (χ0n) is 13.3. The number of aryl methyl sites for hydroxylation is 1. The molecule has 1 saturated carbocycles. The standard InChI is InChI=1S/C16H20N4O3/c1-9-7-20(8-13(22-9)15-19-18-10(2)23-15)16(21)14-12(5-6-17-14)11-3-4-11/h5-6,9,11,13,17H,3-4,7-8H2,1-2H3/t9-,13-/m1/s1. The van der Waals surface area contributed by atoms with Crippen LogP contribution in [-0.4, -0.2) is 45.2 Å². The van der Waals surface area contributed by atoms with Crippen LogP contribution < -0.4 is 0 Å². The number of morpholine rings is 1. The van der Waals surface area contributed by atoms with E-state index in [9.17, 15) is 4.79 Å². The predicted octanol–water partition coefficient (Wildman–Crippen LogP) is 2.19. The van der Waals surface area contributed by atoms with Crippen molar-refractivity contribution in [3.05, 3.63) is 35.3 Å². The van der Waals surface area contributed by atoms with Crippen molar-refractivity contribution in [3.8, 4) is 0 Å². The number of aromatic nitrogens is 3. The first-order valence-corrected chi connectivity index (χ1v) is 8.04. The first-order chi connectivity index (χ1) is 11.1. The first-order valence-electron chi connectivity index (χ1n) is 8.04. The molecule has 1 aliphatic heterocycles. The van der Waals surface area contributed by atoms with Crippen molar-refractivity contribution in [2.75, 3.05) is 13.1 Å². The summed E-state index contributed by atoms with van der Waals surface area (Å²) >= 11 is 0. The molecule has 0 spiro atoms. The Morgan fingerprint density at radius 3 is 2.87 bits per heavy atom. The fourth-order valence-electron chi connectivity index (χ4n) is 3.15. The average molecular weight is 316 g/mol. The summed E-state index contributed by atoms with van der Waals surface area (Å²) in [6.07, 6.45) is 3.74. The van der Waals surface area contributed by atoms with Crippen molar-refractivity contribution >= 4 is 5.91 Å². The van der Waals surface area contributed by atoms with Gasteiger partial charge in [0.25, 0.3) is 5.91 Å². The molecule has 2 aromatic heterocycles. The maximum atomic E-state index is 12.9. The van der Waals surface area contributed by atoms with E-state index in [-0.39, 0.29) is 18.1 Å². The van der Waals surface area contributed by atoms with Crippen LogP contribution in [0.1, 0.15) is 59.6 Å². The third-order valence-electron chi connectivity index (χ3n) is 4.37. The third kappa shape index (κ3) is 2.76. The summed E-state index contributed by atoms with van der Waals surface area (Å²) < 4.78 is 11.3. The van der Waals surface area contributed by atoms with E-state index in [4.69, 9.17) is 9.15 Å². The topological polar surface area (TPSA) is 84.2 Å². The zero-order chi connectivity index (χ0) is 16.0. The monoisotopic (exact) mass is 316 g/mol. The average Bonchev–Trinajstić information content (AvgIpc) is 3.09.